The maximum absolute atomic E-state index is 6.22. The van der Waals surface area contributed by atoms with Crippen LogP contribution >= 0.6 is 27.5 Å². The summed E-state index contributed by atoms with van der Waals surface area (Å²) in [4.78, 5) is 9.31. The van der Waals surface area contributed by atoms with Crippen LogP contribution in [0.15, 0.2) is 16.7 Å². The zero-order valence-electron chi connectivity index (χ0n) is 12.9. The Morgan fingerprint density at radius 3 is 2.57 bits per heavy atom. The molecule has 1 N–H and O–H groups in total. The fourth-order valence-electron chi connectivity index (χ4n) is 2.69. The standard InChI is InChI=1S/C15H24BrClN4/c1-11(2)14(21-6-4-20(3)5-7-21)10-19-15-13(17)8-12(16)9-18-15/h8-9,11,14H,4-7,10H2,1-3H3,(H,18,19). The van der Waals surface area contributed by atoms with Gasteiger partial charge >= 0.3 is 0 Å². The second-order valence-corrected chi connectivity index (χ2v) is 7.34. The molecule has 0 saturated carbocycles. The molecule has 0 amide bonds. The van der Waals surface area contributed by atoms with E-state index in [9.17, 15) is 0 Å². The Balaban J connectivity index is 1.97. The predicted molar refractivity (Wildman–Crippen MR) is 93.1 cm³/mol. The maximum Gasteiger partial charge on any atom is 0.144 e. The Kier molecular flexibility index (Phi) is 6.29. The van der Waals surface area contributed by atoms with Crippen LogP contribution in [0.5, 0.6) is 0 Å². The van der Waals surface area contributed by atoms with Gasteiger partial charge in [0.05, 0.1) is 5.02 Å². The van der Waals surface area contributed by atoms with Crippen LogP contribution in [0.1, 0.15) is 13.8 Å². The summed E-state index contributed by atoms with van der Waals surface area (Å²) in [6.45, 7) is 9.96. The van der Waals surface area contributed by atoms with Crippen LogP contribution in [0, 0.1) is 5.92 Å². The summed E-state index contributed by atoms with van der Waals surface area (Å²) in [6, 6.07) is 2.37. The number of hydrogen-bond donors (Lipinski definition) is 1. The summed E-state index contributed by atoms with van der Waals surface area (Å²) in [5.41, 5.74) is 0. The first-order valence-electron chi connectivity index (χ1n) is 7.45. The molecule has 0 aromatic carbocycles. The van der Waals surface area contributed by atoms with E-state index in [1.54, 1.807) is 6.20 Å². The summed E-state index contributed by atoms with van der Waals surface area (Å²) in [5.74, 6) is 1.36. The van der Waals surface area contributed by atoms with Crippen molar-refractivity contribution in [3.05, 3.63) is 21.8 Å². The zero-order valence-corrected chi connectivity index (χ0v) is 15.3. The molecule has 1 aromatic heterocycles. The van der Waals surface area contributed by atoms with Crippen molar-refractivity contribution in [2.24, 2.45) is 5.92 Å². The molecule has 0 aliphatic carbocycles. The number of piperazine rings is 1. The molecule has 1 unspecified atom stereocenters. The molecular weight excluding hydrogens is 352 g/mol. The van der Waals surface area contributed by atoms with Gasteiger partial charge in [-0.05, 0) is 35.0 Å². The Morgan fingerprint density at radius 1 is 1.33 bits per heavy atom. The monoisotopic (exact) mass is 374 g/mol. The molecule has 21 heavy (non-hydrogen) atoms. The highest BCUT2D eigenvalue weighted by atomic mass is 79.9. The number of nitrogens with one attached hydrogen (secondary N) is 1. The van der Waals surface area contributed by atoms with Gasteiger partial charge in [0.1, 0.15) is 5.82 Å². The Labute approximate surface area is 141 Å². The molecule has 1 aliphatic rings. The van der Waals surface area contributed by atoms with E-state index in [0.717, 1.165) is 43.0 Å². The molecule has 1 aromatic rings. The average Bonchev–Trinajstić information content (AvgIpc) is 2.42. The molecule has 1 atom stereocenters. The highest BCUT2D eigenvalue weighted by molar-refractivity contribution is 9.10. The summed E-state index contributed by atoms with van der Waals surface area (Å²) < 4.78 is 0.900. The number of halogens is 2. The molecule has 1 fully saturated rings. The molecule has 118 valence electrons. The minimum absolute atomic E-state index is 0.500. The second kappa shape index (κ2) is 7.77. The fraction of sp³-hybridized carbons (Fsp3) is 0.667. The minimum atomic E-state index is 0.500. The molecule has 0 radical (unpaired) electrons. The fourth-order valence-corrected chi connectivity index (χ4v) is 3.38. The number of likely N-dealkylation sites (N-methyl/N-ethyl adjacent to an activating group) is 1. The maximum atomic E-state index is 6.22. The van der Waals surface area contributed by atoms with E-state index in [4.69, 9.17) is 11.6 Å². The highest BCUT2D eigenvalue weighted by Crippen LogP contribution is 2.23. The van der Waals surface area contributed by atoms with E-state index in [-0.39, 0.29) is 0 Å². The van der Waals surface area contributed by atoms with Crippen LogP contribution in [-0.4, -0.2) is 60.6 Å². The molecule has 0 spiro atoms. The van der Waals surface area contributed by atoms with Crippen LogP contribution in [0.25, 0.3) is 0 Å². The van der Waals surface area contributed by atoms with E-state index < -0.39 is 0 Å². The van der Waals surface area contributed by atoms with Crippen LogP contribution in [0.2, 0.25) is 5.02 Å². The predicted octanol–water partition coefficient (Wildman–Crippen LogP) is 3.18. The lowest BCUT2D eigenvalue weighted by Gasteiger charge is -2.40. The summed E-state index contributed by atoms with van der Waals surface area (Å²) in [6.07, 6.45) is 1.77. The smallest absolute Gasteiger partial charge is 0.144 e. The SMILES string of the molecule is CC(C)C(CNc1ncc(Br)cc1Cl)N1CCN(C)CC1. The topological polar surface area (TPSA) is 31.4 Å². The molecule has 1 aliphatic heterocycles. The van der Waals surface area contributed by atoms with Crippen molar-refractivity contribution in [1.82, 2.24) is 14.8 Å². The van der Waals surface area contributed by atoms with Gasteiger partial charge in [-0.25, -0.2) is 4.98 Å². The molecule has 2 rings (SSSR count). The Morgan fingerprint density at radius 2 is 2.00 bits per heavy atom. The van der Waals surface area contributed by atoms with Gasteiger partial charge in [-0.15, -0.1) is 0 Å². The number of rotatable bonds is 5. The number of nitrogens with zero attached hydrogens (tertiary/aromatic N) is 3. The Hall–Kier alpha value is -0.360. The second-order valence-electron chi connectivity index (χ2n) is 6.02. The van der Waals surface area contributed by atoms with Gasteiger partial charge in [0, 0.05) is 49.4 Å². The third kappa shape index (κ3) is 4.81. The molecule has 2 heterocycles. The van der Waals surface area contributed by atoms with Gasteiger partial charge < -0.3 is 10.2 Å². The quantitative estimate of drug-likeness (QED) is 0.856. The summed E-state index contributed by atoms with van der Waals surface area (Å²) in [7, 11) is 2.19. The number of hydrogen-bond acceptors (Lipinski definition) is 4. The van der Waals surface area contributed by atoms with Crippen molar-refractivity contribution in [1.29, 1.82) is 0 Å². The van der Waals surface area contributed by atoms with Crippen LogP contribution in [0.3, 0.4) is 0 Å². The van der Waals surface area contributed by atoms with Gasteiger partial charge in [0.2, 0.25) is 0 Å². The van der Waals surface area contributed by atoms with Gasteiger partial charge in [0.25, 0.3) is 0 Å². The highest BCUT2D eigenvalue weighted by Gasteiger charge is 2.25. The first kappa shape index (κ1) is 17.0. The van der Waals surface area contributed by atoms with Crippen molar-refractivity contribution < 1.29 is 0 Å². The van der Waals surface area contributed by atoms with Gasteiger partial charge in [-0.1, -0.05) is 25.4 Å². The van der Waals surface area contributed by atoms with Crippen LogP contribution < -0.4 is 5.32 Å². The van der Waals surface area contributed by atoms with Crippen LogP contribution in [-0.2, 0) is 0 Å². The number of anilines is 1. The van der Waals surface area contributed by atoms with Gasteiger partial charge in [-0.2, -0.15) is 0 Å². The van der Waals surface area contributed by atoms with E-state index >= 15 is 0 Å². The Bertz CT molecular complexity index is 461. The molecule has 0 bridgehead atoms. The van der Waals surface area contributed by atoms with E-state index in [1.807, 2.05) is 6.07 Å². The first-order valence-corrected chi connectivity index (χ1v) is 8.62. The van der Waals surface area contributed by atoms with Gasteiger partial charge in [-0.3, -0.25) is 4.90 Å². The summed E-state index contributed by atoms with van der Waals surface area (Å²) in [5, 5.41) is 4.07. The third-order valence-corrected chi connectivity index (χ3v) is 4.78. The van der Waals surface area contributed by atoms with Crippen molar-refractivity contribution in [3.63, 3.8) is 0 Å². The third-order valence-electron chi connectivity index (χ3n) is 4.06. The van der Waals surface area contributed by atoms with Crippen molar-refractivity contribution in [2.45, 2.75) is 19.9 Å². The van der Waals surface area contributed by atoms with Gasteiger partial charge in [0.15, 0.2) is 0 Å². The minimum Gasteiger partial charge on any atom is -0.367 e. The van der Waals surface area contributed by atoms with Crippen molar-refractivity contribution >= 4 is 33.3 Å². The molecular formula is C15H24BrClN4. The van der Waals surface area contributed by atoms with Crippen molar-refractivity contribution in [3.8, 4) is 0 Å². The molecule has 6 heteroatoms. The molecule has 1 saturated heterocycles. The number of pyridine rings is 1. The van der Waals surface area contributed by atoms with E-state index in [0.29, 0.717) is 17.0 Å². The average molecular weight is 376 g/mol. The van der Waals surface area contributed by atoms with Crippen molar-refractivity contribution in [2.75, 3.05) is 45.1 Å². The lowest BCUT2D eigenvalue weighted by molar-refractivity contribution is 0.0944. The number of aromatic nitrogens is 1. The van der Waals surface area contributed by atoms with E-state index in [1.165, 1.54) is 0 Å². The first-order chi connectivity index (χ1) is 9.97. The summed E-state index contributed by atoms with van der Waals surface area (Å²) >= 11 is 9.60. The zero-order chi connectivity index (χ0) is 15.4. The van der Waals surface area contributed by atoms with Crippen LogP contribution in [0.4, 0.5) is 5.82 Å². The lowest BCUT2D eigenvalue weighted by Crippen LogP contribution is -2.52. The lowest BCUT2D eigenvalue weighted by atomic mass is 10.0. The normalized spacial score (nSPS) is 19.0. The largest absolute Gasteiger partial charge is 0.367 e. The molecule has 4 nitrogen and oxygen atoms in total. The van der Waals surface area contributed by atoms with E-state index in [2.05, 4.69) is 56.9 Å².